The van der Waals surface area contributed by atoms with E-state index in [0.29, 0.717) is 28.4 Å². The molecule has 230 valence electrons. The van der Waals surface area contributed by atoms with E-state index in [1.807, 2.05) is 6.07 Å². The van der Waals surface area contributed by atoms with Crippen molar-refractivity contribution >= 4 is 29.3 Å². The zero-order valence-electron chi connectivity index (χ0n) is 24.1. The molecule has 4 heterocycles. The van der Waals surface area contributed by atoms with Crippen LogP contribution < -0.4 is 24.8 Å². The number of ether oxygens (including phenoxy) is 3. The zero-order valence-corrected chi connectivity index (χ0v) is 24.8. The first kappa shape index (κ1) is 29.9. The number of pyridine rings is 1. The highest BCUT2D eigenvalue weighted by Crippen LogP contribution is 2.29. The molecule has 4 aromatic rings. The van der Waals surface area contributed by atoms with Gasteiger partial charge >= 0.3 is 0 Å². The predicted molar refractivity (Wildman–Crippen MR) is 163 cm³/mol. The third-order valence-electron chi connectivity index (χ3n) is 7.59. The van der Waals surface area contributed by atoms with Gasteiger partial charge < -0.3 is 29.7 Å². The molecule has 45 heavy (non-hydrogen) atoms. The highest BCUT2D eigenvalue weighted by molar-refractivity contribution is 6.31. The summed E-state index contributed by atoms with van der Waals surface area (Å²) in [5.74, 6) is -0.700. The fraction of sp³-hybridized carbons (Fsp3) is 0.212. The molecule has 0 saturated carbocycles. The second-order valence-electron chi connectivity index (χ2n) is 10.6. The van der Waals surface area contributed by atoms with E-state index in [1.165, 1.54) is 30.3 Å². The lowest BCUT2D eigenvalue weighted by molar-refractivity contribution is -0.123. The summed E-state index contributed by atoms with van der Waals surface area (Å²) < 4.78 is 32.2. The third-order valence-corrected chi connectivity index (χ3v) is 7.82. The molecule has 2 N–H and O–H groups in total. The standard InChI is InChI=1S/C33H28ClFN4O6/c1-43-29-12-25-7-5-20(29)15-37-31(40)18-44-24-4-2-3-19(10-24)21-9-22(14-36-13-21)32(41)38-28-16-39(17-30(28)45-25)33(42)26-11-23(34)6-8-27(26)35/h2-14,28,30H,15-18H2,1H3,(H,37,40)(H,38,41)/t28-,30-/m0/s1. The minimum absolute atomic E-state index is 0.0505. The highest BCUT2D eigenvalue weighted by atomic mass is 35.5. The number of methoxy groups -OCH3 is 1. The summed E-state index contributed by atoms with van der Waals surface area (Å²) in [6.07, 6.45) is 2.35. The van der Waals surface area contributed by atoms with Crippen molar-refractivity contribution in [1.82, 2.24) is 20.5 Å². The quantitative estimate of drug-likeness (QED) is 0.340. The maximum atomic E-state index is 14.6. The molecule has 0 radical (unpaired) electrons. The molecule has 3 aromatic carbocycles. The molecule has 0 aliphatic carbocycles. The monoisotopic (exact) mass is 630 g/mol. The Bertz CT molecular complexity index is 1790. The van der Waals surface area contributed by atoms with Gasteiger partial charge in [0.15, 0.2) is 6.61 Å². The number of halogens is 2. The SMILES string of the molecule is COc1cc2ccc1CNC(=O)COc1cccc(c1)-c1cncc(c1)C(=O)N[C@H]1CN(C(=O)c3cc(Cl)ccc3F)C[C@@H]1O2. The van der Waals surface area contributed by atoms with Gasteiger partial charge in [0.1, 0.15) is 29.2 Å². The molecule has 2 atom stereocenters. The molecule has 1 fully saturated rings. The molecular formula is C33H28ClFN4O6. The molecule has 0 unspecified atom stereocenters. The number of nitrogens with one attached hydrogen (secondary N) is 2. The van der Waals surface area contributed by atoms with Gasteiger partial charge in [0, 0.05) is 47.7 Å². The number of likely N-dealkylation sites (tertiary alicyclic amines) is 1. The van der Waals surface area contributed by atoms with Crippen LogP contribution in [0.1, 0.15) is 26.3 Å². The summed E-state index contributed by atoms with van der Waals surface area (Å²) in [4.78, 5) is 45.2. The van der Waals surface area contributed by atoms with Crippen LogP contribution in [-0.4, -0.2) is 66.6 Å². The van der Waals surface area contributed by atoms with E-state index in [0.717, 1.165) is 11.6 Å². The van der Waals surface area contributed by atoms with Crippen molar-refractivity contribution in [2.45, 2.75) is 18.7 Å². The van der Waals surface area contributed by atoms with Crippen LogP contribution in [0, 0.1) is 5.82 Å². The molecular weight excluding hydrogens is 603 g/mol. The van der Waals surface area contributed by atoms with E-state index in [9.17, 15) is 18.8 Å². The number of rotatable bonds is 2. The lowest BCUT2D eigenvalue weighted by Crippen LogP contribution is -2.45. The Hall–Kier alpha value is -5.16. The summed E-state index contributed by atoms with van der Waals surface area (Å²) >= 11 is 6.05. The fourth-order valence-electron chi connectivity index (χ4n) is 5.28. The number of aromatic nitrogens is 1. The van der Waals surface area contributed by atoms with Crippen LogP contribution in [0.15, 0.2) is 79.1 Å². The van der Waals surface area contributed by atoms with E-state index in [1.54, 1.807) is 48.7 Å². The topological polar surface area (TPSA) is 119 Å². The first-order chi connectivity index (χ1) is 21.8. The van der Waals surface area contributed by atoms with Crippen LogP contribution >= 0.6 is 11.6 Å². The van der Waals surface area contributed by atoms with Crippen molar-refractivity contribution in [3.63, 3.8) is 0 Å². The molecule has 0 spiro atoms. The largest absolute Gasteiger partial charge is 0.496 e. The molecule has 1 aromatic heterocycles. The second kappa shape index (κ2) is 12.8. The Morgan fingerprint density at radius 2 is 1.84 bits per heavy atom. The van der Waals surface area contributed by atoms with Gasteiger partial charge in [-0.15, -0.1) is 0 Å². The Morgan fingerprint density at radius 1 is 1.00 bits per heavy atom. The highest BCUT2D eigenvalue weighted by Gasteiger charge is 2.39. The van der Waals surface area contributed by atoms with Gasteiger partial charge in [-0.3, -0.25) is 19.4 Å². The zero-order chi connectivity index (χ0) is 31.5. The number of carbonyl (C=O) groups is 3. The average molecular weight is 631 g/mol. The molecule has 3 aliphatic rings. The summed E-state index contributed by atoms with van der Waals surface area (Å²) in [6.45, 7) is 0.0840. The van der Waals surface area contributed by atoms with Gasteiger partial charge in [0.2, 0.25) is 0 Å². The maximum Gasteiger partial charge on any atom is 0.258 e. The molecule has 7 rings (SSSR count). The van der Waals surface area contributed by atoms with Gasteiger partial charge in [-0.2, -0.15) is 0 Å². The van der Waals surface area contributed by atoms with E-state index in [4.69, 9.17) is 25.8 Å². The van der Waals surface area contributed by atoms with Gasteiger partial charge in [-0.05, 0) is 54.1 Å². The van der Waals surface area contributed by atoms with Crippen LogP contribution in [0.5, 0.6) is 17.2 Å². The van der Waals surface area contributed by atoms with Crippen LogP contribution in [0.2, 0.25) is 5.02 Å². The minimum atomic E-state index is -0.705. The van der Waals surface area contributed by atoms with Gasteiger partial charge in [0.05, 0.1) is 30.8 Å². The molecule has 6 bridgehead atoms. The van der Waals surface area contributed by atoms with Crippen molar-refractivity contribution < 1.29 is 33.0 Å². The molecule has 10 nitrogen and oxygen atoms in total. The van der Waals surface area contributed by atoms with Crippen LogP contribution in [-0.2, 0) is 11.3 Å². The lowest BCUT2D eigenvalue weighted by atomic mass is 10.1. The number of carbonyl (C=O) groups excluding carboxylic acids is 3. The molecule has 3 aliphatic heterocycles. The van der Waals surface area contributed by atoms with Crippen molar-refractivity contribution in [2.75, 3.05) is 26.8 Å². The summed E-state index contributed by atoms with van der Waals surface area (Å²) in [7, 11) is 1.50. The number of amides is 3. The normalized spacial score (nSPS) is 18.2. The number of benzene rings is 3. The Kier molecular flexibility index (Phi) is 8.52. The summed E-state index contributed by atoms with van der Waals surface area (Å²) in [6, 6.07) is 17.0. The first-order valence-electron chi connectivity index (χ1n) is 14.1. The molecule has 1 saturated heterocycles. The van der Waals surface area contributed by atoms with E-state index in [2.05, 4.69) is 15.6 Å². The maximum absolute atomic E-state index is 14.6. The van der Waals surface area contributed by atoms with Crippen LogP contribution in [0.4, 0.5) is 4.39 Å². The van der Waals surface area contributed by atoms with Crippen LogP contribution in [0.3, 0.4) is 0 Å². The van der Waals surface area contributed by atoms with E-state index >= 15 is 0 Å². The minimum Gasteiger partial charge on any atom is -0.496 e. The number of nitrogens with zero attached hydrogens (tertiary/aromatic N) is 2. The number of fused-ring (bicyclic) bond motifs is 7. The number of hydrogen-bond acceptors (Lipinski definition) is 7. The van der Waals surface area contributed by atoms with Gasteiger partial charge in [0.25, 0.3) is 17.7 Å². The third kappa shape index (κ3) is 6.68. The fourth-order valence-corrected chi connectivity index (χ4v) is 5.45. The Morgan fingerprint density at radius 3 is 2.69 bits per heavy atom. The predicted octanol–water partition coefficient (Wildman–Crippen LogP) is 4.26. The summed E-state index contributed by atoms with van der Waals surface area (Å²) in [5.41, 5.74) is 2.19. The lowest BCUT2D eigenvalue weighted by Gasteiger charge is -2.22. The van der Waals surface area contributed by atoms with Crippen molar-refractivity contribution in [3.05, 3.63) is 107 Å². The molecule has 3 amide bonds. The molecule has 12 heteroatoms. The van der Waals surface area contributed by atoms with Crippen molar-refractivity contribution in [2.24, 2.45) is 0 Å². The van der Waals surface area contributed by atoms with E-state index < -0.39 is 29.8 Å². The van der Waals surface area contributed by atoms with E-state index in [-0.39, 0.29) is 48.3 Å². The average Bonchev–Trinajstić information content (AvgIpc) is 3.45. The van der Waals surface area contributed by atoms with Gasteiger partial charge in [-0.1, -0.05) is 23.7 Å². The van der Waals surface area contributed by atoms with Gasteiger partial charge in [-0.25, -0.2) is 4.39 Å². The smallest absolute Gasteiger partial charge is 0.258 e. The Labute approximate surface area is 263 Å². The number of hydrogen-bond donors (Lipinski definition) is 2. The second-order valence-corrected chi connectivity index (χ2v) is 11.0. The van der Waals surface area contributed by atoms with Crippen molar-refractivity contribution in [3.8, 4) is 28.4 Å². The summed E-state index contributed by atoms with van der Waals surface area (Å²) in [5, 5.41) is 6.03. The van der Waals surface area contributed by atoms with Crippen molar-refractivity contribution in [1.29, 1.82) is 0 Å². The Balaban J connectivity index is 1.35. The first-order valence-corrected chi connectivity index (χ1v) is 14.5. The van der Waals surface area contributed by atoms with Crippen LogP contribution in [0.25, 0.3) is 11.1 Å².